The van der Waals surface area contributed by atoms with E-state index < -0.39 is 0 Å². The Hall–Kier alpha value is -2.33. The zero-order valence-corrected chi connectivity index (χ0v) is 16.3. The molecule has 144 valence electrons. The molecule has 4 heteroatoms. The molecule has 1 aliphatic heterocycles. The Morgan fingerprint density at radius 1 is 1.15 bits per heavy atom. The van der Waals surface area contributed by atoms with Gasteiger partial charge in [0.1, 0.15) is 11.9 Å². The van der Waals surface area contributed by atoms with Crippen molar-refractivity contribution >= 4 is 11.6 Å². The topological polar surface area (TPSA) is 50.4 Å². The quantitative estimate of drug-likeness (QED) is 0.741. The molecule has 3 atom stereocenters. The highest BCUT2D eigenvalue weighted by Gasteiger charge is 2.22. The number of para-hydroxylation sites is 2. The van der Waals surface area contributed by atoms with Crippen LogP contribution in [-0.2, 0) is 4.79 Å². The van der Waals surface area contributed by atoms with Crippen LogP contribution in [0.4, 0.5) is 5.69 Å². The van der Waals surface area contributed by atoms with E-state index in [2.05, 4.69) is 17.6 Å². The third-order valence-electron chi connectivity index (χ3n) is 5.38. The maximum Gasteiger partial charge on any atom is 0.224 e. The van der Waals surface area contributed by atoms with Gasteiger partial charge in [-0.2, -0.15) is 0 Å². The van der Waals surface area contributed by atoms with Crippen LogP contribution in [0.3, 0.4) is 0 Å². The van der Waals surface area contributed by atoms with Crippen LogP contribution in [0, 0.1) is 11.8 Å². The molecule has 4 nitrogen and oxygen atoms in total. The lowest BCUT2D eigenvalue weighted by molar-refractivity contribution is -0.117. The van der Waals surface area contributed by atoms with Crippen molar-refractivity contribution in [3.8, 4) is 5.75 Å². The molecule has 0 aromatic heterocycles. The minimum absolute atomic E-state index is 0.0523. The number of carbonyl (C=O) groups excluding carboxylic acids is 1. The van der Waals surface area contributed by atoms with Gasteiger partial charge in [-0.05, 0) is 62.4 Å². The highest BCUT2D eigenvalue weighted by atomic mass is 16.5. The molecule has 0 saturated carbocycles. The van der Waals surface area contributed by atoms with E-state index in [1.165, 1.54) is 12.8 Å². The largest absolute Gasteiger partial charge is 0.484 e. The second-order valence-corrected chi connectivity index (χ2v) is 7.50. The molecule has 2 N–H and O–H groups in total. The van der Waals surface area contributed by atoms with Crippen molar-refractivity contribution in [1.29, 1.82) is 0 Å². The maximum atomic E-state index is 12.6. The van der Waals surface area contributed by atoms with E-state index in [0.717, 1.165) is 24.3 Å². The first-order valence-corrected chi connectivity index (χ1v) is 9.94. The van der Waals surface area contributed by atoms with E-state index in [1.807, 2.05) is 61.5 Å². The summed E-state index contributed by atoms with van der Waals surface area (Å²) in [5.74, 6) is 1.70. The van der Waals surface area contributed by atoms with Crippen molar-refractivity contribution in [2.45, 2.75) is 39.2 Å². The van der Waals surface area contributed by atoms with Crippen LogP contribution in [-0.4, -0.2) is 19.0 Å². The molecule has 1 heterocycles. The Kier molecular flexibility index (Phi) is 6.88. The van der Waals surface area contributed by atoms with E-state index in [0.29, 0.717) is 24.0 Å². The Bertz CT molecular complexity index is 726. The summed E-state index contributed by atoms with van der Waals surface area (Å²) in [5.41, 5.74) is 1.84. The van der Waals surface area contributed by atoms with Crippen molar-refractivity contribution in [2.24, 2.45) is 11.8 Å². The van der Waals surface area contributed by atoms with E-state index in [9.17, 15) is 4.79 Å². The van der Waals surface area contributed by atoms with Crippen molar-refractivity contribution in [3.63, 3.8) is 0 Å². The van der Waals surface area contributed by atoms with Gasteiger partial charge in [0.2, 0.25) is 5.91 Å². The third kappa shape index (κ3) is 5.57. The van der Waals surface area contributed by atoms with Crippen molar-refractivity contribution in [2.75, 3.05) is 18.4 Å². The number of carbonyl (C=O) groups is 1. The summed E-state index contributed by atoms with van der Waals surface area (Å²) >= 11 is 0. The molecule has 3 unspecified atom stereocenters. The van der Waals surface area contributed by atoms with Gasteiger partial charge in [-0.1, -0.05) is 49.4 Å². The number of anilines is 1. The molecule has 1 aliphatic rings. The predicted octanol–water partition coefficient (Wildman–Crippen LogP) is 4.79. The molecule has 0 radical (unpaired) electrons. The summed E-state index contributed by atoms with van der Waals surface area (Å²) < 4.78 is 6.13. The zero-order chi connectivity index (χ0) is 19.1. The van der Waals surface area contributed by atoms with Crippen LogP contribution in [0.25, 0.3) is 0 Å². The number of benzene rings is 2. The average Bonchev–Trinajstić information content (AvgIpc) is 2.70. The molecule has 27 heavy (non-hydrogen) atoms. The van der Waals surface area contributed by atoms with Crippen LogP contribution in [0.1, 0.15) is 44.8 Å². The summed E-state index contributed by atoms with van der Waals surface area (Å²) in [6.45, 7) is 6.31. The number of rotatable bonds is 7. The fraction of sp³-hybridized carbons (Fsp3) is 0.435. The molecule has 0 bridgehead atoms. The van der Waals surface area contributed by atoms with Crippen molar-refractivity contribution < 1.29 is 9.53 Å². The Balaban J connectivity index is 1.60. The van der Waals surface area contributed by atoms with Gasteiger partial charge in [0.05, 0.1) is 5.69 Å². The molecule has 1 fully saturated rings. The maximum absolute atomic E-state index is 12.6. The Labute approximate surface area is 162 Å². The zero-order valence-electron chi connectivity index (χ0n) is 16.3. The number of amides is 1. The van der Waals surface area contributed by atoms with Gasteiger partial charge in [-0.3, -0.25) is 4.79 Å². The lowest BCUT2D eigenvalue weighted by atomic mass is 9.85. The second kappa shape index (κ2) is 9.56. The molecule has 3 rings (SSSR count). The Morgan fingerprint density at radius 2 is 1.89 bits per heavy atom. The predicted molar refractivity (Wildman–Crippen MR) is 110 cm³/mol. The normalized spacial score (nSPS) is 19.1. The van der Waals surface area contributed by atoms with E-state index in [4.69, 9.17) is 4.74 Å². The third-order valence-corrected chi connectivity index (χ3v) is 5.38. The standard InChI is InChI=1S/C23H30N2O2/c1-17(20-11-8-14-24-16-20)15-23(26)25-21-12-6-7-13-22(21)27-18(2)19-9-4-3-5-10-19/h3-7,9-10,12-13,17-18,20,24H,8,11,14-16H2,1-2H3,(H,25,26). The van der Waals surface area contributed by atoms with Gasteiger partial charge in [-0.15, -0.1) is 0 Å². The smallest absolute Gasteiger partial charge is 0.224 e. The lowest BCUT2D eigenvalue weighted by Crippen LogP contribution is -2.34. The monoisotopic (exact) mass is 366 g/mol. The van der Waals surface area contributed by atoms with Crippen molar-refractivity contribution in [3.05, 3.63) is 60.2 Å². The van der Waals surface area contributed by atoms with Crippen LogP contribution in [0.2, 0.25) is 0 Å². The molecule has 0 aliphatic carbocycles. The number of piperidine rings is 1. The first-order chi connectivity index (χ1) is 13.1. The fourth-order valence-electron chi connectivity index (χ4n) is 3.68. The van der Waals surface area contributed by atoms with Crippen LogP contribution >= 0.6 is 0 Å². The van der Waals surface area contributed by atoms with Gasteiger partial charge in [0, 0.05) is 6.42 Å². The second-order valence-electron chi connectivity index (χ2n) is 7.50. The number of nitrogens with one attached hydrogen (secondary N) is 2. The molecule has 0 spiro atoms. The van der Waals surface area contributed by atoms with Crippen LogP contribution < -0.4 is 15.4 Å². The van der Waals surface area contributed by atoms with Gasteiger partial charge in [0.25, 0.3) is 0 Å². The highest BCUT2D eigenvalue weighted by Crippen LogP contribution is 2.30. The molecule has 2 aromatic carbocycles. The molecule has 1 amide bonds. The summed E-state index contributed by atoms with van der Waals surface area (Å²) in [6.07, 6.45) is 2.85. The van der Waals surface area contributed by atoms with Crippen molar-refractivity contribution in [1.82, 2.24) is 5.32 Å². The van der Waals surface area contributed by atoms with E-state index >= 15 is 0 Å². The number of hydrogen-bond donors (Lipinski definition) is 2. The van der Waals surface area contributed by atoms with Gasteiger partial charge in [-0.25, -0.2) is 0 Å². The van der Waals surface area contributed by atoms with Crippen LogP contribution in [0.5, 0.6) is 5.75 Å². The molecular weight excluding hydrogens is 336 g/mol. The minimum Gasteiger partial charge on any atom is -0.484 e. The number of ether oxygens (including phenoxy) is 1. The first kappa shape index (κ1) is 19.4. The first-order valence-electron chi connectivity index (χ1n) is 9.94. The Morgan fingerprint density at radius 3 is 2.63 bits per heavy atom. The SMILES string of the molecule is CC(Oc1ccccc1NC(=O)CC(C)C1CCCNC1)c1ccccc1. The van der Waals surface area contributed by atoms with E-state index in [-0.39, 0.29) is 12.0 Å². The fourth-order valence-corrected chi connectivity index (χ4v) is 3.68. The molecular formula is C23H30N2O2. The van der Waals surface area contributed by atoms with Gasteiger partial charge >= 0.3 is 0 Å². The minimum atomic E-state index is -0.0866. The van der Waals surface area contributed by atoms with Gasteiger partial charge in [0.15, 0.2) is 0 Å². The number of hydrogen-bond acceptors (Lipinski definition) is 3. The lowest BCUT2D eigenvalue weighted by Gasteiger charge is -2.28. The summed E-state index contributed by atoms with van der Waals surface area (Å²) in [4.78, 5) is 12.6. The molecule has 1 saturated heterocycles. The summed E-state index contributed by atoms with van der Waals surface area (Å²) in [6, 6.07) is 17.8. The molecule has 2 aromatic rings. The highest BCUT2D eigenvalue weighted by molar-refractivity contribution is 5.92. The van der Waals surface area contributed by atoms with Gasteiger partial charge < -0.3 is 15.4 Å². The van der Waals surface area contributed by atoms with E-state index in [1.54, 1.807) is 0 Å². The summed E-state index contributed by atoms with van der Waals surface area (Å²) in [5, 5.41) is 6.49. The van der Waals surface area contributed by atoms with Crippen LogP contribution in [0.15, 0.2) is 54.6 Å². The summed E-state index contributed by atoms with van der Waals surface area (Å²) in [7, 11) is 0. The average molecular weight is 367 g/mol.